The molecule has 3 aromatic rings. The highest BCUT2D eigenvalue weighted by Gasteiger charge is 2.38. The Bertz CT molecular complexity index is 1330. The highest BCUT2D eigenvalue weighted by Crippen LogP contribution is 2.34. The Morgan fingerprint density at radius 1 is 0.875 bits per heavy atom. The Morgan fingerprint density at radius 3 is 2.23 bits per heavy atom. The van der Waals surface area contributed by atoms with Crippen molar-refractivity contribution in [2.45, 2.75) is 76.3 Å². The molecule has 1 unspecified atom stereocenters. The van der Waals surface area contributed by atoms with Crippen molar-refractivity contribution in [3.63, 3.8) is 0 Å². The van der Waals surface area contributed by atoms with Gasteiger partial charge in [-0.1, -0.05) is 73.7 Å². The summed E-state index contributed by atoms with van der Waals surface area (Å²) in [6, 6.07) is 27.0. The molecule has 206 valence electrons. The topological polar surface area (TPSA) is 61.9 Å². The van der Waals surface area contributed by atoms with Gasteiger partial charge in [0.05, 0.1) is 0 Å². The molecule has 0 aromatic heterocycles. The van der Waals surface area contributed by atoms with Gasteiger partial charge in [-0.2, -0.15) is 0 Å². The molecule has 6 rings (SSSR count). The van der Waals surface area contributed by atoms with Crippen LogP contribution in [0.25, 0.3) is 0 Å². The SMILES string of the molecule is C=C1CCC(N2Cc3cc(O[C@@H]4CCCC[C@H]4N(Cc4ccccc4)Cc4ccccc4)ccc3C2=O)C(=O)N1. The largest absolute Gasteiger partial charge is 0.489 e. The van der Waals surface area contributed by atoms with Crippen LogP contribution in [-0.4, -0.2) is 39.8 Å². The van der Waals surface area contributed by atoms with Crippen molar-refractivity contribution in [3.8, 4) is 5.75 Å². The lowest BCUT2D eigenvalue weighted by molar-refractivity contribution is -0.126. The van der Waals surface area contributed by atoms with Gasteiger partial charge in [0.15, 0.2) is 0 Å². The Labute approximate surface area is 236 Å². The van der Waals surface area contributed by atoms with Gasteiger partial charge in [-0.05, 0) is 67.0 Å². The minimum Gasteiger partial charge on any atom is -0.489 e. The number of ether oxygens (including phenoxy) is 1. The summed E-state index contributed by atoms with van der Waals surface area (Å²) in [4.78, 5) is 30.0. The maximum Gasteiger partial charge on any atom is 0.255 e. The molecule has 2 heterocycles. The van der Waals surface area contributed by atoms with Crippen molar-refractivity contribution >= 4 is 11.8 Å². The fourth-order valence-electron chi connectivity index (χ4n) is 6.44. The number of amides is 2. The first-order valence-electron chi connectivity index (χ1n) is 14.5. The van der Waals surface area contributed by atoms with Crippen LogP contribution in [0.5, 0.6) is 5.75 Å². The van der Waals surface area contributed by atoms with E-state index in [0.29, 0.717) is 24.9 Å². The lowest BCUT2D eigenvalue weighted by atomic mass is 9.90. The molecule has 1 N–H and O–H groups in total. The number of fused-ring (bicyclic) bond motifs is 1. The number of hydrogen-bond donors (Lipinski definition) is 1. The monoisotopic (exact) mass is 535 g/mol. The molecule has 2 amide bonds. The average Bonchev–Trinajstić information content (AvgIpc) is 3.29. The van der Waals surface area contributed by atoms with Gasteiger partial charge in [0.2, 0.25) is 5.91 Å². The Balaban J connectivity index is 1.20. The van der Waals surface area contributed by atoms with Gasteiger partial charge in [0.25, 0.3) is 5.91 Å². The number of carbonyl (C=O) groups excluding carboxylic acids is 2. The number of benzene rings is 3. The first-order chi connectivity index (χ1) is 19.5. The van der Waals surface area contributed by atoms with E-state index in [1.807, 2.05) is 18.2 Å². The second-order valence-electron chi connectivity index (χ2n) is 11.3. The summed E-state index contributed by atoms with van der Waals surface area (Å²) in [5.41, 5.74) is 4.91. The van der Waals surface area contributed by atoms with E-state index < -0.39 is 6.04 Å². The average molecular weight is 536 g/mol. The van der Waals surface area contributed by atoms with Crippen molar-refractivity contribution in [1.29, 1.82) is 0 Å². The zero-order valence-corrected chi connectivity index (χ0v) is 22.9. The van der Waals surface area contributed by atoms with Gasteiger partial charge in [-0.15, -0.1) is 0 Å². The lowest BCUT2D eigenvalue weighted by Gasteiger charge is -2.40. The molecule has 0 radical (unpaired) electrons. The molecule has 40 heavy (non-hydrogen) atoms. The van der Waals surface area contributed by atoms with Crippen LogP contribution in [0.15, 0.2) is 91.1 Å². The molecule has 1 saturated carbocycles. The quantitative estimate of drug-likeness (QED) is 0.395. The molecule has 3 aromatic carbocycles. The van der Waals surface area contributed by atoms with Crippen molar-refractivity contribution in [3.05, 3.63) is 113 Å². The molecular weight excluding hydrogens is 498 g/mol. The molecule has 2 fully saturated rings. The van der Waals surface area contributed by atoms with Crippen molar-refractivity contribution in [2.75, 3.05) is 0 Å². The van der Waals surface area contributed by atoms with E-state index in [0.717, 1.165) is 49.4 Å². The van der Waals surface area contributed by atoms with Crippen LogP contribution < -0.4 is 10.1 Å². The van der Waals surface area contributed by atoms with E-state index in [4.69, 9.17) is 4.74 Å². The molecule has 0 spiro atoms. The second kappa shape index (κ2) is 11.7. The minimum absolute atomic E-state index is 0.0579. The molecule has 3 atom stereocenters. The molecular formula is C34H37N3O3. The normalized spacial score (nSPS) is 22.8. The summed E-state index contributed by atoms with van der Waals surface area (Å²) < 4.78 is 6.74. The zero-order valence-electron chi connectivity index (χ0n) is 22.9. The van der Waals surface area contributed by atoms with E-state index in [2.05, 4.69) is 77.5 Å². The van der Waals surface area contributed by atoms with E-state index in [-0.39, 0.29) is 24.0 Å². The van der Waals surface area contributed by atoms with Gasteiger partial charge in [-0.25, -0.2) is 0 Å². The van der Waals surface area contributed by atoms with Crippen LogP contribution in [0.4, 0.5) is 0 Å². The van der Waals surface area contributed by atoms with Gasteiger partial charge in [-0.3, -0.25) is 14.5 Å². The second-order valence-corrected chi connectivity index (χ2v) is 11.3. The smallest absolute Gasteiger partial charge is 0.255 e. The fourth-order valence-corrected chi connectivity index (χ4v) is 6.44. The number of nitrogens with one attached hydrogen (secondary N) is 1. The molecule has 1 aliphatic carbocycles. The first kappa shape index (κ1) is 26.3. The van der Waals surface area contributed by atoms with Crippen LogP contribution >= 0.6 is 0 Å². The Morgan fingerprint density at radius 2 is 1.55 bits per heavy atom. The van der Waals surface area contributed by atoms with Crippen LogP contribution in [0.3, 0.4) is 0 Å². The standard InChI is InChI=1S/C34H37N3O3/c1-24-16-19-31(33(38)35-24)37-23-27-20-28(17-18-29(27)34(37)39)40-32-15-9-8-14-30(32)36(21-25-10-4-2-5-11-25)22-26-12-6-3-7-13-26/h2-7,10-13,17-18,20,30-32H,1,8-9,14-16,19,21-23H2,(H,35,38)/t30-,31?,32-/m1/s1. The maximum absolute atomic E-state index is 13.2. The Hall–Kier alpha value is -3.90. The van der Waals surface area contributed by atoms with Crippen molar-refractivity contribution in [1.82, 2.24) is 15.1 Å². The summed E-state index contributed by atoms with van der Waals surface area (Å²) in [6.07, 6.45) is 5.77. The Kier molecular flexibility index (Phi) is 7.69. The summed E-state index contributed by atoms with van der Waals surface area (Å²) in [7, 11) is 0. The zero-order chi connectivity index (χ0) is 27.5. The van der Waals surface area contributed by atoms with Crippen LogP contribution in [0, 0.1) is 0 Å². The van der Waals surface area contributed by atoms with Gasteiger partial charge >= 0.3 is 0 Å². The van der Waals surface area contributed by atoms with E-state index >= 15 is 0 Å². The van der Waals surface area contributed by atoms with E-state index in [1.54, 1.807) is 4.90 Å². The highest BCUT2D eigenvalue weighted by molar-refractivity contribution is 6.01. The number of hydrogen-bond acceptors (Lipinski definition) is 4. The molecule has 2 aliphatic heterocycles. The van der Waals surface area contributed by atoms with Gasteiger partial charge in [0.1, 0.15) is 17.9 Å². The summed E-state index contributed by atoms with van der Waals surface area (Å²) in [5.74, 6) is 0.573. The van der Waals surface area contributed by atoms with Crippen LogP contribution in [0.1, 0.15) is 65.6 Å². The number of piperidine rings is 1. The molecule has 3 aliphatic rings. The maximum atomic E-state index is 13.2. The van der Waals surface area contributed by atoms with Crippen LogP contribution in [-0.2, 0) is 24.4 Å². The fraction of sp³-hybridized carbons (Fsp3) is 0.353. The van der Waals surface area contributed by atoms with Gasteiger partial charge in [0, 0.05) is 36.9 Å². The predicted molar refractivity (Wildman–Crippen MR) is 155 cm³/mol. The number of rotatable bonds is 8. The summed E-state index contributed by atoms with van der Waals surface area (Å²) in [5, 5.41) is 2.81. The van der Waals surface area contributed by atoms with Crippen molar-refractivity contribution in [2.24, 2.45) is 0 Å². The highest BCUT2D eigenvalue weighted by atomic mass is 16.5. The molecule has 1 saturated heterocycles. The van der Waals surface area contributed by atoms with Crippen molar-refractivity contribution < 1.29 is 14.3 Å². The molecule has 6 nitrogen and oxygen atoms in total. The predicted octanol–water partition coefficient (Wildman–Crippen LogP) is 5.83. The number of carbonyl (C=O) groups is 2. The van der Waals surface area contributed by atoms with Gasteiger partial charge < -0.3 is 15.0 Å². The third-order valence-corrected chi connectivity index (χ3v) is 8.49. The minimum atomic E-state index is -0.456. The van der Waals surface area contributed by atoms with E-state index in [1.165, 1.54) is 17.5 Å². The molecule has 0 bridgehead atoms. The third kappa shape index (κ3) is 5.68. The lowest BCUT2D eigenvalue weighted by Crippen LogP contribution is -2.49. The summed E-state index contributed by atoms with van der Waals surface area (Å²) >= 11 is 0. The first-order valence-corrected chi connectivity index (χ1v) is 14.5. The van der Waals surface area contributed by atoms with E-state index in [9.17, 15) is 9.59 Å². The summed E-state index contributed by atoms with van der Waals surface area (Å²) in [6.45, 7) is 6.02. The molecule has 6 heteroatoms. The number of nitrogens with zero attached hydrogens (tertiary/aromatic N) is 2. The van der Waals surface area contributed by atoms with Crippen LogP contribution in [0.2, 0.25) is 0 Å². The number of allylic oxidation sites excluding steroid dienone is 1. The third-order valence-electron chi connectivity index (χ3n) is 8.49.